The molecule has 4 nitrogen and oxygen atoms in total. The molecule has 0 unspecified atom stereocenters. The smallest absolute Gasteiger partial charge is 0.335 e. The third-order valence-corrected chi connectivity index (χ3v) is 2.82. The largest absolute Gasteiger partial charge is 0.478 e. The highest BCUT2D eigenvalue weighted by atomic mass is 32.2. The Kier molecular flexibility index (Phi) is 2.17. The normalized spacial score (nSPS) is 14.4. The Morgan fingerprint density at radius 2 is 2.29 bits per heavy atom. The van der Waals surface area contributed by atoms with E-state index in [0.29, 0.717) is 0 Å². The molecule has 0 radical (unpaired) electrons. The Morgan fingerprint density at radius 3 is 3.00 bits per heavy atom. The first kappa shape index (κ1) is 9.08. The molecule has 0 atom stereocenters. The van der Waals surface area contributed by atoms with E-state index in [1.165, 1.54) is 12.1 Å². The summed E-state index contributed by atoms with van der Waals surface area (Å²) in [7, 11) is 0. The molecule has 2 rings (SSSR count). The van der Waals surface area contributed by atoms with Crippen LogP contribution in [0, 0.1) is 0 Å². The van der Waals surface area contributed by atoms with E-state index in [1.54, 1.807) is 6.07 Å². The lowest BCUT2D eigenvalue weighted by Gasteiger charge is -2.16. The summed E-state index contributed by atoms with van der Waals surface area (Å²) < 4.78 is 0. The minimum Gasteiger partial charge on any atom is -0.478 e. The molecule has 0 saturated carbocycles. The molecule has 0 saturated heterocycles. The van der Waals surface area contributed by atoms with Gasteiger partial charge in [0.15, 0.2) is 0 Å². The second kappa shape index (κ2) is 3.34. The van der Waals surface area contributed by atoms with Gasteiger partial charge in [-0.25, -0.2) is 4.79 Å². The number of rotatable bonds is 1. The molecular weight excluding hydrogens is 202 g/mol. The van der Waals surface area contributed by atoms with E-state index in [4.69, 9.17) is 5.11 Å². The lowest BCUT2D eigenvalue weighted by molar-refractivity contribution is -0.109. The second-order valence-electron chi connectivity index (χ2n) is 2.84. The monoisotopic (exact) mass is 209 g/mol. The first-order valence-corrected chi connectivity index (χ1v) is 4.80. The SMILES string of the molecule is O=C1CNc2cc(C(=O)O)ccc2S1. The first-order chi connectivity index (χ1) is 6.66. The molecule has 1 heterocycles. The van der Waals surface area contributed by atoms with Crippen LogP contribution < -0.4 is 5.32 Å². The molecular formula is C9H7NO3S. The van der Waals surface area contributed by atoms with Gasteiger partial charge < -0.3 is 10.4 Å². The van der Waals surface area contributed by atoms with Crippen LogP contribution in [0.4, 0.5) is 5.69 Å². The fourth-order valence-electron chi connectivity index (χ4n) is 1.22. The van der Waals surface area contributed by atoms with Crippen LogP contribution in [0.15, 0.2) is 23.1 Å². The van der Waals surface area contributed by atoms with Crippen molar-refractivity contribution in [2.24, 2.45) is 0 Å². The average molecular weight is 209 g/mol. The molecule has 0 aromatic heterocycles. The molecule has 0 aliphatic carbocycles. The van der Waals surface area contributed by atoms with Crippen LogP contribution in [-0.4, -0.2) is 22.7 Å². The summed E-state index contributed by atoms with van der Waals surface area (Å²) in [5, 5.41) is 11.7. The van der Waals surface area contributed by atoms with Crippen LogP contribution in [0.5, 0.6) is 0 Å². The van der Waals surface area contributed by atoms with E-state index >= 15 is 0 Å². The summed E-state index contributed by atoms with van der Waals surface area (Å²) in [4.78, 5) is 22.5. The number of carbonyl (C=O) groups is 2. The number of fused-ring (bicyclic) bond motifs is 1. The maximum Gasteiger partial charge on any atom is 0.335 e. The van der Waals surface area contributed by atoms with E-state index in [1.807, 2.05) is 0 Å². The molecule has 1 aromatic rings. The first-order valence-electron chi connectivity index (χ1n) is 3.99. The van der Waals surface area contributed by atoms with Crippen LogP contribution in [0.25, 0.3) is 0 Å². The number of anilines is 1. The highest BCUT2D eigenvalue weighted by Crippen LogP contribution is 2.32. The van der Waals surface area contributed by atoms with E-state index in [-0.39, 0.29) is 17.2 Å². The molecule has 0 spiro atoms. The molecule has 5 heteroatoms. The number of aromatic carboxylic acids is 1. The van der Waals surface area contributed by atoms with Crippen LogP contribution in [0.2, 0.25) is 0 Å². The number of carbonyl (C=O) groups excluding carboxylic acids is 1. The van der Waals surface area contributed by atoms with E-state index in [9.17, 15) is 9.59 Å². The molecule has 1 aromatic carbocycles. The predicted molar refractivity (Wildman–Crippen MR) is 52.8 cm³/mol. The van der Waals surface area contributed by atoms with Gasteiger partial charge >= 0.3 is 5.97 Å². The highest BCUT2D eigenvalue weighted by Gasteiger charge is 2.16. The van der Waals surface area contributed by atoms with Crippen molar-refractivity contribution in [2.45, 2.75) is 4.90 Å². The fourth-order valence-corrected chi connectivity index (χ4v) is 1.98. The van der Waals surface area contributed by atoms with Gasteiger partial charge in [0.1, 0.15) is 0 Å². The van der Waals surface area contributed by atoms with Crippen LogP contribution in [0.3, 0.4) is 0 Å². The highest BCUT2D eigenvalue weighted by molar-refractivity contribution is 8.14. The van der Waals surface area contributed by atoms with E-state index in [0.717, 1.165) is 22.3 Å². The summed E-state index contributed by atoms with van der Waals surface area (Å²) >= 11 is 1.14. The van der Waals surface area contributed by atoms with Crippen LogP contribution in [-0.2, 0) is 4.79 Å². The third-order valence-electron chi connectivity index (χ3n) is 1.87. The summed E-state index contributed by atoms with van der Waals surface area (Å²) in [6, 6.07) is 4.68. The molecule has 0 fully saturated rings. The molecule has 0 bridgehead atoms. The van der Waals surface area contributed by atoms with Gasteiger partial charge in [-0.05, 0) is 30.0 Å². The van der Waals surface area contributed by atoms with Crippen molar-refractivity contribution in [1.29, 1.82) is 0 Å². The summed E-state index contributed by atoms with van der Waals surface area (Å²) in [5.41, 5.74) is 0.945. The topological polar surface area (TPSA) is 66.4 Å². The number of nitrogens with one attached hydrogen (secondary N) is 1. The summed E-state index contributed by atoms with van der Waals surface area (Å²) in [6.07, 6.45) is 0. The lowest BCUT2D eigenvalue weighted by Crippen LogP contribution is -2.16. The van der Waals surface area contributed by atoms with Crippen molar-refractivity contribution in [2.75, 3.05) is 11.9 Å². The molecule has 72 valence electrons. The fraction of sp³-hybridized carbons (Fsp3) is 0.111. The van der Waals surface area contributed by atoms with Crippen molar-refractivity contribution in [3.63, 3.8) is 0 Å². The number of carboxylic acid groups (broad SMARTS) is 1. The van der Waals surface area contributed by atoms with Gasteiger partial charge in [0, 0.05) is 10.6 Å². The quantitative estimate of drug-likeness (QED) is 0.732. The Balaban J connectivity index is 2.41. The Labute approximate surface area is 84.3 Å². The van der Waals surface area contributed by atoms with Crippen molar-refractivity contribution < 1.29 is 14.7 Å². The van der Waals surface area contributed by atoms with Gasteiger partial charge in [-0.1, -0.05) is 0 Å². The van der Waals surface area contributed by atoms with E-state index < -0.39 is 5.97 Å². The number of hydrogen-bond donors (Lipinski definition) is 2. The van der Waals surface area contributed by atoms with Gasteiger partial charge in [-0.3, -0.25) is 4.79 Å². The summed E-state index contributed by atoms with van der Waals surface area (Å²) in [5.74, 6) is -0.962. The molecule has 1 aliphatic heterocycles. The Morgan fingerprint density at radius 1 is 1.50 bits per heavy atom. The van der Waals surface area contributed by atoms with Crippen LogP contribution in [0.1, 0.15) is 10.4 Å². The lowest BCUT2D eigenvalue weighted by atomic mass is 10.2. The maximum absolute atomic E-state index is 11.0. The molecule has 14 heavy (non-hydrogen) atoms. The minimum absolute atomic E-state index is 0.0422. The van der Waals surface area contributed by atoms with Gasteiger partial charge in [0.25, 0.3) is 0 Å². The standard InChI is InChI=1S/C9H7NO3S/c11-8-4-10-6-3-5(9(12)13)1-2-7(6)14-8/h1-3,10H,4H2,(H,12,13). The van der Waals surface area contributed by atoms with Crippen LogP contribution >= 0.6 is 11.8 Å². The second-order valence-corrected chi connectivity index (χ2v) is 3.94. The van der Waals surface area contributed by atoms with Crippen molar-refractivity contribution in [3.05, 3.63) is 23.8 Å². The molecule has 2 N–H and O–H groups in total. The van der Waals surface area contributed by atoms with E-state index in [2.05, 4.69) is 5.32 Å². The van der Waals surface area contributed by atoms with Crippen molar-refractivity contribution in [3.8, 4) is 0 Å². The number of thioether (sulfide) groups is 1. The number of benzene rings is 1. The Bertz CT molecular complexity index is 417. The van der Waals surface area contributed by atoms with Gasteiger partial charge in [0.2, 0.25) is 5.12 Å². The maximum atomic E-state index is 11.0. The number of carboxylic acids is 1. The minimum atomic E-state index is -0.962. The van der Waals surface area contributed by atoms with Gasteiger partial charge in [0.05, 0.1) is 12.1 Å². The molecule has 0 amide bonds. The predicted octanol–water partition coefficient (Wildman–Crippen LogP) is 1.43. The van der Waals surface area contributed by atoms with Crippen molar-refractivity contribution >= 4 is 28.5 Å². The zero-order valence-electron chi connectivity index (χ0n) is 7.11. The van der Waals surface area contributed by atoms with Gasteiger partial charge in [-0.2, -0.15) is 0 Å². The zero-order chi connectivity index (χ0) is 10.1. The zero-order valence-corrected chi connectivity index (χ0v) is 7.93. The molecule has 1 aliphatic rings. The Hall–Kier alpha value is -1.49. The summed E-state index contributed by atoms with van der Waals surface area (Å²) in [6.45, 7) is 0.251. The van der Waals surface area contributed by atoms with Crippen molar-refractivity contribution in [1.82, 2.24) is 0 Å². The number of hydrogen-bond acceptors (Lipinski definition) is 4. The van der Waals surface area contributed by atoms with Gasteiger partial charge in [-0.15, -0.1) is 0 Å². The average Bonchev–Trinajstić information content (AvgIpc) is 2.16. The third kappa shape index (κ3) is 1.58.